The molecule has 0 aromatic rings. The number of hydrogen-bond acceptors (Lipinski definition) is 5. The lowest BCUT2D eigenvalue weighted by Crippen LogP contribution is -2.45. The molecule has 6 nitrogen and oxygen atoms in total. The maximum absolute atomic E-state index is 11.9. The zero-order chi connectivity index (χ0) is 12.4. The first kappa shape index (κ1) is 12.8. The summed E-state index contributed by atoms with van der Waals surface area (Å²) >= 11 is 0. The number of piperidine rings is 1. The number of nitrogens with two attached hydrogens (primary N) is 1. The van der Waals surface area contributed by atoms with Crippen molar-refractivity contribution in [2.45, 2.75) is 31.1 Å². The first-order valence-electron chi connectivity index (χ1n) is 6.18. The number of aliphatic hydroxyl groups is 2. The van der Waals surface area contributed by atoms with Gasteiger partial charge in [-0.3, -0.25) is 9.69 Å². The third kappa shape index (κ3) is 3.16. The van der Waals surface area contributed by atoms with Crippen molar-refractivity contribution in [3.63, 3.8) is 0 Å². The van der Waals surface area contributed by atoms with E-state index in [0.717, 1.165) is 25.9 Å². The molecule has 2 unspecified atom stereocenters. The van der Waals surface area contributed by atoms with Crippen molar-refractivity contribution in [3.8, 4) is 0 Å². The molecule has 2 aliphatic rings. The Morgan fingerprint density at radius 2 is 1.71 bits per heavy atom. The van der Waals surface area contributed by atoms with Crippen molar-refractivity contribution >= 4 is 5.91 Å². The summed E-state index contributed by atoms with van der Waals surface area (Å²) in [5.41, 5.74) is 5.80. The van der Waals surface area contributed by atoms with Crippen LogP contribution in [0.3, 0.4) is 0 Å². The molecule has 98 valence electrons. The van der Waals surface area contributed by atoms with Crippen LogP contribution in [0, 0.1) is 0 Å². The molecular weight excluding hydrogens is 222 g/mol. The highest BCUT2D eigenvalue weighted by Gasteiger charge is 2.33. The average Bonchev–Trinajstić information content (AvgIpc) is 2.63. The van der Waals surface area contributed by atoms with Gasteiger partial charge >= 0.3 is 0 Å². The number of nitrogens with zero attached hydrogens (tertiary/aromatic N) is 2. The molecule has 0 saturated carbocycles. The molecule has 2 rings (SSSR count). The van der Waals surface area contributed by atoms with E-state index < -0.39 is 12.2 Å². The van der Waals surface area contributed by atoms with E-state index >= 15 is 0 Å². The largest absolute Gasteiger partial charge is 0.388 e. The smallest absolute Gasteiger partial charge is 0.236 e. The van der Waals surface area contributed by atoms with Crippen LogP contribution >= 0.6 is 0 Å². The molecule has 4 N–H and O–H groups in total. The molecule has 6 heteroatoms. The molecule has 2 aliphatic heterocycles. The number of β-amino-alcohol motifs (C(OH)–C–C–N with tert-alkyl or cyclic N) is 2. The van der Waals surface area contributed by atoms with E-state index in [9.17, 15) is 15.0 Å². The zero-order valence-corrected chi connectivity index (χ0v) is 9.96. The van der Waals surface area contributed by atoms with Gasteiger partial charge in [0.2, 0.25) is 5.91 Å². The van der Waals surface area contributed by atoms with Crippen LogP contribution in [0.25, 0.3) is 0 Å². The number of carbonyl (C=O) groups excluding carboxylic acids is 1. The first-order valence-corrected chi connectivity index (χ1v) is 6.18. The summed E-state index contributed by atoms with van der Waals surface area (Å²) in [6.07, 6.45) is 0.263. The molecule has 0 aliphatic carbocycles. The van der Waals surface area contributed by atoms with Gasteiger partial charge in [-0.2, -0.15) is 0 Å². The number of likely N-dealkylation sites (tertiary alicyclic amines) is 2. The van der Waals surface area contributed by atoms with Gasteiger partial charge in [0.25, 0.3) is 0 Å². The van der Waals surface area contributed by atoms with Gasteiger partial charge in [-0.15, -0.1) is 0 Å². The summed E-state index contributed by atoms with van der Waals surface area (Å²) in [6, 6.07) is 0.261. The number of aliphatic hydroxyl groups excluding tert-OH is 2. The highest BCUT2D eigenvalue weighted by molar-refractivity contribution is 5.78. The molecule has 0 spiro atoms. The maximum atomic E-state index is 11.9. The van der Waals surface area contributed by atoms with Gasteiger partial charge in [0.15, 0.2) is 0 Å². The quantitative estimate of drug-likeness (QED) is 0.520. The molecule has 2 saturated heterocycles. The van der Waals surface area contributed by atoms with Gasteiger partial charge < -0.3 is 20.8 Å². The second-order valence-electron chi connectivity index (χ2n) is 5.05. The van der Waals surface area contributed by atoms with Crippen molar-refractivity contribution in [2.75, 3.05) is 32.7 Å². The van der Waals surface area contributed by atoms with Crippen molar-refractivity contribution in [1.82, 2.24) is 9.80 Å². The Bertz CT molecular complexity index is 269. The molecule has 2 heterocycles. The molecule has 0 bridgehead atoms. The molecule has 0 aromatic heterocycles. The van der Waals surface area contributed by atoms with Crippen LogP contribution in [0.5, 0.6) is 0 Å². The molecule has 1 amide bonds. The van der Waals surface area contributed by atoms with Gasteiger partial charge in [0.05, 0.1) is 18.8 Å². The van der Waals surface area contributed by atoms with E-state index in [1.807, 2.05) is 0 Å². The van der Waals surface area contributed by atoms with Crippen molar-refractivity contribution in [1.29, 1.82) is 0 Å². The maximum Gasteiger partial charge on any atom is 0.236 e. The fraction of sp³-hybridized carbons (Fsp3) is 0.909. The van der Waals surface area contributed by atoms with Crippen molar-refractivity contribution in [3.05, 3.63) is 0 Å². The Balaban J connectivity index is 1.78. The summed E-state index contributed by atoms with van der Waals surface area (Å²) in [4.78, 5) is 15.5. The Hall–Kier alpha value is -0.690. The molecular formula is C11H21N3O3. The van der Waals surface area contributed by atoms with Crippen LogP contribution in [0.15, 0.2) is 0 Å². The lowest BCUT2D eigenvalue weighted by Gasteiger charge is -2.30. The Kier molecular flexibility index (Phi) is 3.98. The Morgan fingerprint density at radius 3 is 2.24 bits per heavy atom. The number of amides is 1. The Labute approximate surface area is 101 Å². The van der Waals surface area contributed by atoms with Crippen LogP contribution in [-0.2, 0) is 4.79 Å². The summed E-state index contributed by atoms with van der Waals surface area (Å²) in [6.45, 7) is 2.56. The average molecular weight is 243 g/mol. The first-order chi connectivity index (χ1) is 8.06. The number of hydrogen-bond donors (Lipinski definition) is 3. The summed E-state index contributed by atoms with van der Waals surface area (Å²) in [5.74, 6) is -0.0175. The van der Waals surface area contributed by atoms with Gasteiger partial charge in [-0.1, -0.05) is 0 Å². The second kappa shape index (κ2) is 5.30. The topological polar surface area (TPSA) is 90.0 Å². The second-order valence-corrected chi connectivity index (χ2v) is 5.05. The standard InChI is InChI=1S/C11H21N3O3/c12-8-1-3-13(4-2-8)7-11(17)14-5-9(15)10(16)6-14/h8-10,15-16H,1-7,12H2. The SMILES string of the molecule is NC1CCN(CC(=O)N2CC(O)C(O)C2)CC1. The normalized spacial score (nSPS) is 32.1. The number of carbonyl (C=O) groups is 1. The fourth-order valence-electron chi connectivity index (χ4n) is 2.38. The zero-order valence-electron chi connectivity index (χ0n) is 9.96. The van der Waals surface area contributed by atoms with Crippen LogP contribution in [0.1, 0.15) is 12.8 Å². The fourth-order valence-corrected chi connectivity index (χ4v) is 2.38. The highest BCUT2D eigenvalue weighted by atomic mass is 16.3. The van der Waals surface area contributed by atoms with Gasteiger partial charge in [0, 0.05) is 32.2 Å². The predicted molar refractivity (Wildman–Crippen MR) is 62.2 cm³/mol. The van der Waals surface area contributed by atoms with Crippen LogP contribution in [0.4, 0.5) is 0 Å². The van der Waals surface area contributed by atoms with Gasteiger partial charge in [0.1, 0.15) is 0 Å². The lowest BCUT2D eigenvalue weighted by molar-refractivity contribution is -0.132. The van der Waals surface area contributed by atoms with Gasteiger partial charge in [-0.25, -0.2) is 0 Å². The molecule has 17 heavy (non-hydrogen) atoms. The summed E-state index contributed by atoms with van der Waals surface area (Å²) in [5, 5.41) is 18.8. The summed E-state index contributed by atoms with van der Waals surface area (Å²) in [7, 11) is 0. The van der Waals surface area contributed by atoms with E-state index in [1.165, 1.54) is 4.90 Å². The molecule has 0 aromatic carbocycles. The van der Waals surface area contributed by atoms with E-state index in [0.29, 0.717) is 6.54 Å². The minimum absolute atomic E-state index is 0.0175. The third-order valence-electron chi connectivity index (χ3n) is 3.60. The van der Waals surface area contributed by atoms with Crippen LogP contribution < -0.4 is 5.73 Å². The number of rotatable bonds is 2. The van der Waals surface area contributed by atoms with E-state index in [-0.39, 0.29) is 25.0 Å². The molecule has 2 atom stereocenters. The Morgan fingerprint density at radius 1 is 1.18 bits per heavy atom. The van der Waals surface area contributed by atoms with Crippen molar-refractivity contribution in [2.24, 2.45) is 5.73 Å². The van der Waals surface area contributed by atoms with Crippen molar-refractivity contribution < 1.29 is 15.0 Å². The van der Waals surface area contributed by atoms with E-state index in [1.54, 1.807) is 0 Å². The van der Waals surface area contributed by atoms with E-state index in [2.05, 4.69) is 4.90 Å². The minimum Gasteiger partial charge on any atom is -0.388 e. The minimum atomic E-state index is -0.797. The van der Waals surface area contributed by atoms with Crippen LogP contribution in [-0.4, -0.2) is 76.9 Å². The van der Waals surface area contributed by atoms with E-state index in [4.69, 9.17) is 5.73 Å². The van der Waals surface area contributed by atoms with Crippen LogP contribution in [0.2, 0.25) is 0 Å². The molecule has 2 fully saturated rings. The summed E-state index contributed by atoms with van der Waals surface area (Å²) < 4.78 is 0. The molecule has 0 radical (unpaired) electrons. The third-order valence-corrected chi connectivity index (χ3v) is 3.60. The lowest BCUT2D eigenvalue weighted by atomic mass is 10.1. The van der Waals surface area contributed by atoms with Gasteiger partial charge in [-0.05, 0) is 12.8 Å². The highest BCUT2D eigenvalue weighted by Crippen LogP contribution is 2.12. The monoisotopic (exact) mass is 243 g/mol. The predicted octanol–water partition coefficient (Wildman–Crippen LogP) is -2.03.